The van der Waals surface area contributed by atoms with Gasteiger partial charge in [0.1, 0.15) is 11.6 Å². The first kappa shape index (κ1) is 22.9. The van der Waals surface area contributed by atoms with Crippen LogP contribution in [-0.4, -0.2) is 48.4 Å². The van der Waals surface area contributed by atoms with Crippen LogP contribution in [0, 0.1) is 6.92 Å². The van der Waals surface area contributed by atoms with E-state index in [4.69, 9.17) is 14.2 Å². The first-order chi connectivity index (χ1) is 15.6. The molecule has 3 rings (SSSR count). The molecule has 0 spiro atoms. The molecule has 0 amide bonds. The van der Waals surface area contributed by atoms with Gasteiger partial charge in [0, 0.05) is 31.7 Å². The van der Waals surface area contributed by atoms with Crippen molar-refractivity contribution in [3.63, 3.8) is 0 Å². The lowest BCUT2D eigenvalue weighted by atomic mass is 10.2. The second kappa shape index (κ2) is 11.0. The van der Waals surface area contributed by atoms with Crippen LogP contribution in [0.25, 0.3) is 5.82 Å². The first-order valence-electron chi connectivity index (χ1n) is 10.4. The Morgan fingerprint density at radius 3 is 2.28 bits per heavy atom. The molecule has 2 N–H and O–H groups in total. The molecule has 170 valence electrons. The van der Waals surface area contributed by atoms with Gasteiger partial charge >= 0.3 is 0 Å². The number of nitrogens with zero attached hydrogens (tertiary/aromatic N) is 4. The molecule has 0 radical (unpaired) electrons. The molecule has 2 heterocycles. The molecular formula is C23H30N6O3. The monoisotopic (exact) mass is 438 g/mol. The Morgan fingerprint density at radius 1 is 1.00 bits per heavy atom. The fourth-order valence-corrected chi connectivity index (χ4v) is 3.21. The minimum atomic E-state index is 0.448. The van der Waals surface area contributed by atoms with Gasteiger partial charge < -0.3 is 24.8 Å². The van der Waals surface area contributed by atoms with Crippen molar-refractivity contribution in [2.45, 2.75) is 26.9 Å². The molecule has 0 aliphatic heterocycles. The zero-order valence-electron chi connectivity index (χ0n) is 19.2. The summed E-state index contributed by atoms with van der Waals surface area (Å²) in [4.78, 5) is 13.5. The van der Waals surface area contributed by atoms with Crippen LogP contribution < -0.4 is 24.8 Å². The van der Waals surface area contributed by atoms with Crippen LogP contribution in [0.4, 0.5) is 0 Å². The van der Waals surface area contributed by atoms with Crippen LogP contribution in [-0.2, 0) is 13.1 Å². The second-order valence-electron chi connectivity index (χ2n) is 6.95. The number of imidazole rings is 1. The molecule has 9 heteroatoms. The largest absolute Gasteiger partial charge is 0.493 e. The summed E-state index contributed by atoms with van der Waals surface area (Å²) >= 11 is 0. The van der Waals surface area contributed by atoms with Gasteiger partial charge in [-0.2, -0.15) is 0 Å². The Kier molecular flexibility index (Phi) is 7.91. The Hall–Kier alpha value is -3.75. The molecule has 2 aromatic heterocycles. The number of ether oxygens (including phenoxy) is 3. The Bertz CT molecular complexity index is 1020. The van der Waals surface area contributed by atoms with Crippen molar-refractivity contribution in [1.29, 1.82) is 0 Å². The Labute approximate surface area is 188 Å². The number of hydrogen-bond acceptors (Lipinski definition) is 6. The molecule has 0 bridgehead atoms. The first-order valence-corrected chi connectivity index (χ1v) is 10.4. The normalized spacial score (nSPS) is 11.2. The average Bonchev–Trinajstić information content (AvgIpc) is 3.26. The summed E-state index contributed by atoms with van der Waals surface area (Å²) in [5, 5.41) is 6.61. The summed E-state index contributed by atoms with van der Waals surface area (Å²) in [7, 11) is 4.79. The van der Waals surface area contributed by atoms with E-state index in [0.29, 0.717) is 36.3 Å². The van der Waals surface area contributed by atoms with Crippen molar-refractivity contribution in [3.8, 4) is 23.1 Å². The topological polar surface area (TPSA) is 94.8 Å². The fraction of sp³-hybridized carbons (Fsp3) is 0.348. The lowest BCUT2D eigenvalue weighted by molar-refractivity contribution is 0.324. The summed E-state index contributed by atoms with van der Waals surface area (Å²) < 4.78 is 18.2. The van der Waals surface area contributed by atoms with Gasteiger partial charge in [-0.05, 0) is 43.2 Å². The number of benzene rings is 1. The Balaban J connectivity index is 1.68. The summed E-state index contributed by atoms with van der Waals surface area (Å²) in [6.45, 7) is 5.77. The predicted molar refractivity (Wildman–Crippen MR) is 124 cm³/mol. The van der Waals surface area contributed by atoms with Crippen LogP contribution in [0.15, 0.2) is 47.8 Å². The third kappa shape index (κ3) is 5.48. The number of methoxy groups -OCH3 is 3. The van der Waals surface area contributed by atoms with Crippen LogP contribution >= 0.6 is 0 Å². The maximum atomic E-state index is 5.43. The van der Waals surface area contributed by atoms with Crippen molar-refractivity contribution < 1.29 is 14.2 Å². The number of aryl methyl sites for hydroxylation is 1. The van der Waals surface area contributed by atoms with E-state index in [2.05, 4.69) is 25.6 Å². The van der Waals surface area contributed by atoms with Gasteiger partial charge in [0.15, 0.2) is 17.5 Å². The van der Waals surface area contributed by atoms with Gasteiger partial charge in [-0.1, -0.05) is 6.07 Å². The van der Waals surface area contributed by atoms with Crippen molar-refractivity contribution in [2.24, 2.45) is 4.99 Å². The molecule has 1 aromatic carbocycles. The SMILES string of the molecule is CCNC(=NCc1cc(OC)c(OC)c(OC)c1)NCc1ccc(-n2ccnc2C)nc1. The van der Waals surface area contributed by atoms with Crippen molar-refractivity contribution >= 4 is 5.96 Å². The molecule has 0 aliphatic carbocycles. The van der Waals surface area contributed by atoms with E-state index in [1.54, 1.807) is 27.5 Å². The van der Waals surface area contributed by atoms with Gasteiger partial charge in [0.05, 0.1) is 27.9 Å². The van der Waals surface area contributed by atoms with Gasteiger partial charge in [-0.15, -0.1) is 0 Å². The highest BCUT2D eigenvalue weighted by Gasteiger charge is 2.13. The van der Waals surface area contributed by atoms with Crippen molar-refractivity contribution in [3.05, 3.63) is 59.8 Å². The third-order valence-corrected chi connectivity index (χ3v) is 4.83. The molecule has 0 aliphatic rings. The van der Waals surface area contributed by atoms with Gasteiger partial charge in [0.2, 0.25) is 5.75 Å². The van der Waals surface area contributed by atoms with Crippen LogP contribution in [0.5, 0.6) is 17.2 Å². The van der Waals surface area contributed by atoms with Crippen LogP contribution in [0.3, 0.4) is 0 Å². The van der Waals surface area contributed by atoms with E-state index in [0.717, 1.165) is 29.3 Å². The number of rotatable bonds is 9. The van der Waals surface area contributed by atoms with Crippen molar-refractivity contribution in [1.82, 2.24) is 25.2 Å². The molecule has 0 saturated carbocycles. The standard InChI is InChI=1S/C23H30N6O3/c1-6-24-23(28-15-18-11-19(30-3)22(32-5)20(12-18)31-4)27-14-17-7-8-21(26-13-17)29-10-9-25-16(29)2/h7-13H,6,14-15H2,1-5H3,(H2,24,27,28). The average molecular weight is 439 g/mol. The number of aliphatic imine (C=N–C) groups is 1. The zero-order valence-corrected chi connectivity index (χ0v) is 19.2. The summed E-state index contributed by atoms with van der Waals surface area (Å²) in [6.07, 6.45) is 5.51. The summed E-state index contributed by atoms with van der Waals surface area (Å²) in [5.41, 5.74) is 1.99. The zero-order chi connectivity index (χ0) is 22.9. The molecule has 0 saturated heterocycles. The minimum Gasteiger partial charge on any atom is -0.493 e. The van der Waals surface area contributed by atoms with Gasteiger partial charge in [-0.3, -0.25) is 4.57 Å². The van der Waals surface area contributed by atoms with Gasteiger partial charge in [-0.25, -0.2) is 15.0 Å². The molecule has 0 unspecified atom stereocenters. The molecule has 32 heavy (non-hydrogen) atoms. The summed E-state index contributed by atoms with van der Waals surface area (Å²) in [5.74, 6) is 4.22. The lowest BCUT2D eigenvalue weighted by Gasteiger charge is -2.14. The molecule has 0 atom stereocenters. The number of pyridine rings is 1. The lowest BCUT2D eigenvalue weighted by Crippen LogP contribution is -2.36. The summed E-state index contributed by atoms with van der Waals surface area (Å²) in [6, 6.07) is 7.81. The third-order valence-electron chi connectivity index (χ3n) is 4.83. The maximum absolute atomic E-state index is 5.43. The van der Waals surface area contributed by atoms with E-state index in [1.165, 1.54) is 0 Å². The maximum Gasteiger partial charge on any atom is 0.203 e. The van der Waals surface area contributed by atoms with E-state index >= 15 is 0 Å². The molecule has 3 aromatic rings. The van der Waals surface area contributed by atoms with E-state index in [9.17, 15) is 0 Å². The fourth-order valence-electron chi connectivity index (χ4n) is 3.21. The van der Waals surface area contributed by atoms with Crippen LogP contribution in [0.1, 0.15) is 23.9 Å². The Morgan fingerprint density at radius 2 is 1.75 bits per heavy atom. The number of aromatic nitrogens is 3. The molecule has 9 nitrogen and oxygen atoms in total. The highest BCUT2D eigenvalue weighted by Crippen LogP contribution is 2.38. The molecular weight excluding hydrogens is 408 g/mol. The smallest absolute Gasteiger partial charge is 0.203 e. The van der Waals surface area contributed by atoms with E-state index < -0.39 is 0 Å². The molecule has 0 fully saturated rings. The van der Waals surface area contributed by atoms with Gasteiger partial charge in [0.25, 0.3) is 0 Å². The number of guanidine groups is 1. The van der Waals surface area contributed by atoms with Crippen molar-refractivity contribution in [2.75, 3.05) is 27.9 Å². The highest BCUT2D eigenvalue weighted by atomic mass is 16.5. The minimum absolute atomic E-state index is 0.448. The van der Waals surface area contributed by atoms with E-state index in [-0.39, 0.29) is 0 Å². The number of nitrogens with one attached hydrogen (secondary N) is 2. The highest BCUT2D eigenvalue weighted by molar-refractivity contribution is 5.79. The second-order valence-corrected chi connectivity index (χ2v) is 6.95. The predicted octanol–water partition coefficient (Wildman–Crippen LogP) is 2.86. The quantitative estimate of drug-likeness (QED) is 0.392. The number of hydrogen-bond donors (Lipinski definition) is 2. The van der Waals surface area contributed by atoms with E-state index in [1.807, 2.05) is 55.1 Å². The van der Waals surface area contributed by atoms with Crippen LogP contribution in [0.2, 0.25) is 0 Å².